The van der Waals surface area contributed by atoms with Crippen LogP contribution in [-0.2, 0) is 51.9 Å². The van der Waals surface area contributed by atoms with Crippen LogP contribution in [0.5, 0.6) is 0 Å². The molecule has 1 radical (unpaired) electrons. The van der Waals surface area contributed by atoms with Crippen LogP contribution in [-0.4, -0.2) is 79.9 Å². The fourth-order valence-electron chi connectivity index (χ4n) is 1.96. The molecular weight excluding hydrogens is 537 g/mol. The number of amides is 2. The van der Waals surface area contributed by atoms with Gasteiger partial charge in [-0.25, -0.2) is 0 Å². The Kier molecular flexibility index (Phi) is 36.3. The Morgan fingerprint density at radius 3 is 1.64 bits per heavy atom. The molecule has 0 aromatic heterocycles. The van der Waals surface area contributed by atoms with Crippen LogP contribution in [0.3, 0.4) is 0 Å². The molecular formula is C22H45N4O4S2Y-. The molecule has 11 heteroatoms. The van der Waals surface area contributed by atoms with Crippen LogP contribution in [0.1, 0.15) is 53.4 Å². The molecule has 0 aliphatic carbocycles. The van der Waals surface area contributed by atoms with Gasteiger partial charge in [0, 0.05) is 57.3 Å². The fourth-order valence-corrected chi connectivity index (χ4v) is 3.44. The molecule has 0 saturated heterocycles. The maximum Gasteiger partial charge on any atom is 0.229 e. The van der Waals surface area contributed by atoms with Crippen molar-refractivity contribution in [1.29, 1.82) is 0 Å². The number of carbonyl (C=O) groups is 4. The molecule has 0 aliphatic rings. The fraction of sp³-hybridized carbons (Fsp3) is 0.773. The third-order valence-electron chi connectivity index (χ3n) is 4.08. The summed E-state index contributed by atoms with van der Waals surface area (Å²) in [5.74, 6) is 1.77. The van der Waals surface area contributed by atoms with Crippen molar-refractivity contribution < 1.29 is 51.9 Å². The number of carbonyl (C=O) groups excluding carboxylic acids is 4. The van der Waals surface area contributed by atoms with E-state index in [2.05, 4.69) is 54.7 Å². The van der Waals surface area contributed by atoms with Crippen molar-refractivity contribution in [2.24, 2.45) is 0 Å². The van der Waals surface area contributed by atoms with Gasteiger partial charge in [0.1, 0.15) is 11.6 Å². The zero-order valence-electron chi connectivity index (χ0n) is 21.3. The van der Waals surface area contributed by atoms with Crippen LogP contribution in [0, 0.1) is 6.92 Å². The molecule has 2 unspecified atom stereocenters. The average Bonchev–Trinajstić information content (AvgIpc) is 2.73. The molecule has 193 valence electrons. The van der Waals surface area contributed by atoms with Gasteiger partial charge < -0.3 is 33.0 Å². The summed E-state index contributed by atoms with van der Waals surface area (Å²) in [4.78, 5) is 43.0. The van der Waals surface area contributed by atoms with Crippen molar-refractivity contribution in [3.63, 3.8) is 0 Å². The summed E-state index contributed by atoms with van der Waals surface area (Å²) >= 11 is 5.44. The monoisotopic (exact) mass is 582 g/mol. The summed E-state index contributed by atoms with van der Waals surface area (Å²) in [6.45, 7) is 11.9. The first-order chi connectivity index (χ1) is 15.1. The van der Waals surface area contributed by atoms with E-state index >= 15 is 0 Å². The zero-order valence-corrected chi connectivity index (χ0v) is 25.8. The van der Waals surface area contributed by atoms with Gasteiger partial charge in [-0.05, 0) is 40.8 Å². The summed E-state index contributed by atoms with van der Waals surface area (Å²) in [6.07, 6.45) is 4.25. The van der Waals surface area contributed by atoms with Gasteiger partial charge >= 0.3 is 0 Å². The van der Waals surface area contributed by atoms with Gasteiger partial charge in [-0.2, -0.15) is 12.6 Å². The minimum atomic E-state index is -0.182. The smallest absolute Gasteiger partial charge is 0.229 e. The number of nitrogens with one attached hydrogen (secondary N) is 4. The van der Waals surface area contributed by atoms with Crippen molar-refractivity contribution in [3.05, 3.63) is 6.92 Å². The standard InChI is InChI=1S/C11H22N2O2S.C6H12NO.C5H11NOS.Y/c1-4-5-6-13-11(15)8-16-7-10(12-3)9(2)14;1-3-4-5-7-6(2)8;1-4(7)5(3-8)6-2;/h10,12H,4-8H2,1-3H3,(H,13,15);2-5H2,1H3,(H,7,8);5-6,8H,3H2,1-2H3;/q;-1;;. The zero-order chi connectivity index (χ0) is 25.4. The normalized spacial score (nSPS) is 11.2. The van der Waals surface area contributed by atoms with E-state index in [1.807, 2.05) is 0 Å². The maximum atomic E-state index is 11.3. The minimum Gasteiger partial charge on any atom is -0.381 e. The number of hydrogen-bond donors (Lipinski definition) is 5. The predicted molar refractivity (Wildman–Crippen MR) is 139 cm³/mol. The van der Waals surface area contributed by atoms with E-state index < -0.39 is 0 Å². The average molecular weight is 583 g/mol. The molecule has 0 heterocycles. The Morgan fingerprint density at radius 1 is 0.879 bits per heavy atom. The second-order valence-corrected chi connectivity index (χ2v) is 8.40. The molecule has 0 saturated carbocycles. The van der Waals surface area contributed by atoms with E-state index in [0.717, 1.165) is 38.8 Å². The summed E-state index contributed by atoms with van der Waals surface area (Å²) in [7, 11) is 3.51. The first-order valence-electron chi connectivity index (χ1n) is 11.0. The van der Waals surface area contributed by atoms with Gasteiger partial charge in [0.2, 0.25) is 5.91 Å². The number of rotatable bonds is 15. The molecule has 0 aromatic carbocycles. The topological polar surface area (TPSA) is 116 Å². The summed E-state index contributed by atoms with van der Waals surface area (Å²) in [5.41, 5.74) is 0. The number of likely N-dealkylation sites (N-methyl/N-ethyl adjacent to an activating group) is 2. The molecule has 2 atom stereocenters. The van der Waals surface area contributed by atoms with E-state index in [1.165, 1.54) is 11.8 Å². The van der Waals surface area contributed by atoms with Crippen molar-refractivity contribution in [3.8, 4) is 0 Å². The molecule has 0 rings (SSSR count). The van der Waals surface area contributed by atoms with E-state index in [0.29, 0.717) is 17.3 Å². The van der Waals surface area contributed by atoms with Crippen LogP contribution in [0.4, 0.5) is 0 Å². The molecule has 0 aromatic rings. The second kappa shape index (κ2) is 29.9. The molecule has 4 N–H and O–H groups in total. The van der Waals surface area contributed by atoms with Crippen LogP contribution in [0.2, 0.25) is 0 Å². The first kappa shape index (κ1) is 40.1. The van der Waals surface area contributed by atoms with Gasteiger partial charge in [0.05, 0.1) is 23.7 Å². The van der Waals surface area contributed by atoms with E-state index in [1.54, 1.807) is 27.9 Å². The number of thiol groups is 1. The van der Waals surface area contributed by atoms with E-state index in [4.69, 9.17) is 0 Å². The summed E-state index contributed by atoms with van der Waals surface area (Å²) < 4.78 is 0. The summed E-state index contributed by atoms with van der Waals surface area (Å²) in [5, 5.41) is 11.2. The van der Waals surface area contributed by atoms with Crippen molar-refractivity contribution in [2.45, 2.75) is 65.5 Å². The Hall–Kier alpha value is -0.126. The molecule has 0 spiro atoms. The Morgan fingerprint density at radius 2 is 1.33 bits per heavy atom. The van der Waals surface area contributed by atoms with Crippen LogP contribution in [0.15, 0.2) is 0 Å². The van der Waals surface area contributed by atoms with E-state index in [-0.39, 0.29) is 68.2 Å². The van der Waals surface area contributed by atoms with Gasteiger partial charge in [-0.15, -0.1) is 11.8 Å². The molecule has 2 amide bonds. The van der Waals surface area contributed by atoms with Gasteiger partial charge in [-0.3, -0.25) is 14.4 Å². The third kappa shape index (κ3) is 31.9. The minimum absolute atomic E-state index is 0. The summed E-state index contributed by atoms with van der Waals surface area (Å²) in [6, 6.07) is -0.216. The number of thioether (sulfide) groups is 1. The van der Waals surface area contributed by atoms with Crippen LogP contribution < -0.4 is 21.3 Å². The first-order valence-corrected chi connectivity index (χ1v) is 12.8. The Balaban J connectivity index is -0.000000209. The number of hydrogen-bond acceptors (Lipinski definition) is 8. The SMILES string of the molecule is CCCCNC(=O)CSCC(NC)C(C)=O.CNC(CS)C(C)=O.[CH2-]C(=O)NCCCC.[Y]. The van der Waals surface area contributed by atoms with Crippen molar-refractivity contribution in [2.75, 3.05) is 44.4 Å². The van der Waals surface area contributed by atoms with E-state index in [9.17, 15) is 19.2 Å². The molecule has 0 aliphatic heterocycles. The van der Waals surface area contributed by atoms with Gasteiger partial charge in [-0.1, -0.05) is 26.7 Å². The third-order valence-corrected chi connectivity index (χ3v) is 5.48. The van der Waals surface area contributed by atoms with Crippen LogP contribution in [0.25, 0.3) is 0 Å². The second-order valence-electron chi connectivity index (χ2n) is 7.01. The molecule has 0 bridgehead atoms. The maximum absolute atomic E-state index is 11.3. The largest absolute Gasteiger partial charge is 0.381 e. The Labute approximate surface area is 236 Å². The molecule has 0 fully saturated rings. The molecule has 8 nitrogen and oxygen atoms in total. The number of Topliss-reactive ketones (excluding diaryl/α,β-unsaturated/α-hetero) is 2. The molecule has 33 heavy (non-hydrogen) atoms. The Bertz CT molecular complexity index is 511. The predicted octanol–water partition coefficient (Wildman–Crippen LogP) is 1.64. The quantitative estimate of drug-likeness (QED) is 0.113. The van der Waals surface area contributed by atoms with Gasteiger partial charge in [0.25, 0.3) is 0 Å². The van der Waals surface area contributed by atoms with Crippen molar-refractivity contribution in [1.82, 2.24) is 21.3 Å². The number of unbranched alkanes of at least 4 members (excludes halogenated alkanes) is 2. The van der Waals surface area contributed by atoms with Gasteiger partial charge in [0.15, 0.2) is 0 Å². The van der Waals surface area contributed by atoms with Crippen molar-refractivity contribution >= 4 is 47.8 Å². The number of ketones is 2. The van der Waals surface area contributed by atoms with Crippen LogP contribution >= 0.6 is 24.4 Å².